The van der Waals surface area contributed by atoms with E-state index in [1.165, 1.54) is 36.4 Å². The van der Waals surface area contributed by atoms with Crippen molar-refractivity contribution in [3.63, 3.8) is 0 Å². The molecule has 0 aliphatic rings. The largest absolute Gasteiger partial charge is 0.318 e. The molecule has 8 nitrogen and oxygen atoms in total. The Balaban J connectivity index is 2.04. The second kappa shape index (κ2) is 7.75. The van der Waals surface area contributed by atoms with Gasteiger partial charge in [-0.15, -0.1) is 0 Å². The van der Waals surface area contributed by atoms with Gasteiger partial charge >= 0.3 is 11.8 Å². The van der Waals surface area contributed by atoms with E-state index in [1.807, 2.05) is 5.40 Å². The highest BCUT2D eigenvalue weighted by molar-refractivity contribution is 8.03. The van der Waals surface area contributed by atoms with Crippen LogP contribution in [0.25, 0.3) is 0 Å². The summed E-state index contributed by atoms with van der Waals surface area (Å²) in [6, 6.07) is 11.8. The molecule has 2 N–H and O–H groups in total. The van der Waals surface area contributed by atoms with Crippen molar-refractivity contribution in [3.8, 4) is 5.40 Å². The summed E-state index contributed by atoms with van der Waals surface area (Å²) < 4.78 is 0. The number of carbonyl (C=O) groups excluding carboxylic acids is 2. The Bertz CT molecular complexity index is 830. The molecule has 2 rings (SSSR count). The molecule has 120 valence electrons. The number of amides is 2. The van der Waals surface area contributed by atoms with Crippen LogP contribution in [0.1, 0.15) is 0 Å². The third kappa shape index (κ3) is 4.31. The van der Waals surface area contributed by atoms with Gasteiger partial charge in [-0.05, 0) is 42.1 Å². The summed E-state index contributed by atoms with van der Waals surface area (Å²) in [7, 11) is 0. The van der Waals surface area contributed by atoms with Crippen molar-refractivity contribution in [2.45, 2.75) is 4.90 Å². The van der Waals surface area contributed by atoms with Gasteiger partial charge in [-0.2, -0.15) is 5.26 Å². The van der Waals surface area contributed by atoms with Gasteiger partial charge in [-0.25, -0.2) is 0 Å². The Morgan fingerprint density at radius 1 is 1.04 bits per heavy atom. The Morgan fingerprint density at radius 3 is 2.29 bits per heavy atom. The van der Waals surface area contributed by atoms with Crippen LogP contribution in [-0.4, -0.2) is 16.7 Å². The van der Waals surface area contributed by atoms with Gasteiger partial charge in [0.2, 0.25) is 0 Å². The molecular weight excluding hydrogens is 332 g/mol. The van der Waals surface area contributed by atoms with E-state index in [9.17, 15) is 19.7 Å². The van der Waals surface area contributed by atoms with Crippen LogP contribution in [0.15, 0.2) is 53.4 Å². The van der Waals surface area contributed by atoms with Crippen LogP contribution in [0, 0.1) is 20.8 Å². The number of benzene rings is 2. The van der Waals surface area contributed by atoms with Crippen molar-refractivity contribution in [1.82, 2.24) is 0 Å². The van der Waals surface area contributed by atoms with E-state index in [0.717, 1.165) is 11.8 Å². The van der Waals surface area contributed by atoms with Crippen molar-refractivity contribution in [2.24, 2.45) is 0 Å². The third-order valence-electron chi connectivity index (χ3n) is 2.83. The van der Waals surface area contributed by atoms with E-state index in [-0.39, 0.29) is 11.4 Å². The Hall–Kier alpha value is -3.38. The summed E-state index contributed by atoms with van der Waals surface area (Å²) in [5, 5.41) is 25.9. The Kier molecular flexibility index (Phi) is 5.49. The van der Waals surface area contributed by atoms with Gasteiger partial charge in [-0.3, -0.25) is 19.7 Å². The van der Waals surface area contributed by atoms with Crippen LogP contribution >= 0.6 is 11.8 Å². The van der Waals surface area contributed by atoms with Crippen LogP contribution in [-0.2, 0) is 9.59 Å². The molecule has 0 aliphatic heterocycles. The number of nitro benzene ring substituents is 1. The average molecular weight is 342 g/mol. The molecule has 2 aromatic carbocycles. The first-order chi connectivity index (χ1) is 11.5. The number of hydrogen-bond acceptors (Lipinski definition) is 6. The van der Waals surface area contributed by atoms with E-state index in [0.29, 0.717) is 10.6 Å². The van der Waals surface area contributed by atoms with E-state index in [2.05, 4.69) is 10.6 Å². The van der Waals surface area contributed by atoms with E-state index in [4.69, 9.17) is 5.26 Å². The second-order valence-electron chi connectivity index (χ2n) is 4.40. The zero-order valence-corrected chi connectivity index (χ0v) is 12.9. The molecule has 2 aromatic rings. The molecule has 0 atom stereocenters. The summed E-state index contributed by atoms with van der Waals surface area (Å²) in [5.41, 5.74) is -0.0139. The van der Waals surface area contributed by atoms with Crippen molar-refractivity contribution >= 4 is 40.6 Å². The highest BCUT2D eigenvalue weighted by atomic mass is 32.2. The lowest BCUT2D eigenvalue weighted by atomic mass is 10.2. The van der Waals surface area contributed by atoms with Gasteiger partial charge in [0.25, 0.3) is 5.69 Å². The lowest BCUT2D eigenvalue weighted by Crippen LogP contribution is -2.29. The number of anilines is 2. The van der Waals surface area contributed by atoms with Gasteiger partial charge in [0, 0.05) is 16.6 Å². The lowest BCUT2D eigenvalue weighted by molar-refractivity contribution is -0.383. The molecule has 2 amide bonds. The topological polar surface area (TPSA) is 125 Å². The number of nitrogens with one attached hydrogen (secondary N) is 2. The van der Waals surface area contributed by atoms with Gasteiger partial charge in [0.1, 0.15) is 11.1 Å². The number of hydrogen-bond donors (Lipinski definition) is 2. The number of carbonyl (C=O) groups is 2. The molecular formula is C15H10N4O4S. The van der Waals surface area contributed by atoms with E-state index < -0.39 is 16.7 Å². The zero-order chi connectivity index (χ0) is 17.5. The van der Waals surface area contributed by atoms with E-state index in [1.54, 1.807) is 12.1 Å². The molecule has 0 saturated carbocycles. The summed E-state index contributed by atoms with van der Waals surface area (Å²) >= 11 is 0.965. The van der Waals surface area contributed by atoms with Gasteiger partial charge in [0.15, 0.2) is 0 Å². The fourth-order valence-electron chi connectivity index (χ4n) is 1.76. The predicted octanol–water partition coefficient (Wildman–Crippen LogP) is 2.75. The summed E-state index contributed by atoms with van der Waals surface area (Å²) in [6.45, 7) is 0. The molecule has 0 unspecified atom stereocenters. The Morgan fingerprint density at radius 2 is 1.67 bits per heavy atom. The molecule has 0 fully saturated rings. The molecule has 0 saturated heterocycles. The molecule has 0 bridgehead atoms. The molecule has 0 aliphatic carbocycles. The number of thioether (sulfide) groups is 1. The maximum atomic E-state index is 11.9. The van der Waals surface area contributed by atoms with Crippen LogP contribution in [0.3, 0.4) is 0 Å². The molecule has 0 heterocycles. The molecule has 0 radical (unpaired) electrons. The monoisotopic (exact) mass is 342 g/mol. The van der Waals surface area contributed by atoms with Crippen molar-refractivity contribution in [3.05, 3.63) is 58.6 Å². The lowest BCUT2D eigenvalue weighted by Gasteiger charge is -2.07. The highest BCUT2D eigenvalue weighted by Crippen LogP contribution is 2.23. The fourth-order valence-corrected chi connectivity index (χ4v) is 2.14. The first-order valence-electron chi connectivity index (χ1n) is 6.53. The number of nitriles is 1. The molecule has 24 heavy (non-hydrogen) atoms. The molecule has 9 heteroatoms. The summed E-state index contributed by atoms with van der Waals surface area (Å²) in [6.07, 6.45) is 0. The van der Waals surface area contributed by atoms with Crippen LogP contribution in [0.5, 0.6) is 0 Å². The maximum Gasteiger partial charge on any atom is 0.314 e. The van der Waals surface area contributed by atoms with Crippen molar-refractivity contribution in [1.29, 1.82) is 5.26 Å². The fraction of sp³-hybridized carbons (Fsp3) is 0. The van der Waals surface area contributed by atoms with Crippen molar-refractivity contribution in [2.75, 3.05) is 10.6 Å². The van der Waals surface area contributed by atoms with Gasteiger partial charge in [0.05, 0.1) is 4.92 Å². The van der Waals surface area contributed by atoms with Crippen LogP contribution in [0.2, 0.25) is 0 Å². The minimum atomic E-state index is -1.03. The maximum absolute atomic E-state index is 11.9. The van der Waals surface area contributed by atoms with E-state index >= 15 is 0 Å². The third-order valence-corrected chi connectivity index (χ3v) is 3.43. The minimum Gasteiger partial charge on any atom is -0.318 e. The SMILES string of the molecule is N#CSc1ccc(NC(=O)C(=O)Nc2ccccc2[N+](=O)[O-])cc1. The number of para-hydroxylation sites is 2. The first kappa shape index (κ1) is 17.0. The first-order valence-corrected chi connectivity index (χ1v) is 7.34. The average Bonchev–Trinajstić information content (AvgIpc) is 2.57. The smallest absolute Gasteiger partial charge is 0.314 e. The zero-order valence-electron chi connectivity index (χ0n) is 12.1. The molecule has 0 spiro atoms. The number of nitro groups is 1. The minimum absolute atomic E-state index is 0.0663. The molecule has 0 aromatic heterocycles. The van der Waals surface area contributed by atoms with Crippen molar-refractivity contribution < 1.29 is 14.5 Å². The van der Waals surface area contributed by atoms with Gasteiger partial charge < -0.3 is 10.6 Å². The number of rotatable bonds is 4. The quantitative estimate of drug-likeness (QED) is 0.289. The highest BCUT2D eigenvalue weighted by Gasteiger charge is 2.19. The van der Waals surface area contributed by atoms with Crippen LogP contribution in [0.4, 0.5) is 17.1 Å². The number of thiocyanates is 1. The standard InChI is InChI=1S/C15H10N4O4S/c16-9-24-11-7-5-10(6-8-11)17-14(20)15(21)18-12-3-1-2-4-13(12)19(22)23/h1-8H,(H,17,20)(H,18,21). The number of nitrogens with zero attached hydrogens (tertiary/aromatic N) is 2. The summed E-state index contributed by atoms with van der Waals surface area (Å²) in [5.74, 6) is -1.99. The summed E-state index contributed by atoms with van der Waals surface area (Å²) in [4.78, 5) is 34.6. The Labute approximate surface area is 140 Å². The normalized spacial score (nSPS) is 9.62. The predicted molar refractivity (Wildman–Crippen MR) is 88.3 cm³/mol. The van der Waals surface area contributed by atoms with Crippen LogP contribution < -0.4 is 10.6 Å². The second-order valence-corrected chi connectivity index (χ2v) is 5.26. The van der Waals surface area contributed by atoms with Gasteiger partial charge in [-0.1, -0.05) is 12.1 Å².